The van der Waals surface area contributed by atoms with Crippen LogP contribution in [0, 0.1) is 5.82 Å². The van der Waals surface area contributed by atoms with Crippen LogP contribution in [0.2, 0.25) is 5.02 Å². The minimum Gasteiger partial charge on any atom is -0.484 e. The molecule has 22 heavy (non-hydrogen) atoms. The summed E-state index contributed by atoms with van der Waals surface area (Å²) in [5, 5.41) is 10.5. The van der Waals surface area contributed by atoms with Gasteiger partial charge in [0.15, 0.2) is 6.61 Å². The molecule has 0 aliphatic heterocycles. The molecule has 2 aromatic rings. The lowest BCUT2D eigenvalue weighted by atomic mass is 10.2. The van der Waals surface area contributed by atoms with E-state index in [4.69, 9.17) is 20.8 Å². The van der Waals surface area contributed by atoms with Gasteiger partial charge < -0.3 is 14.5 Å². The molecule has 0 atom stereocenters. The van der Waals surface area contributed by atoms with Gasteiger partial charge in [0.1, 0.15) is 11.6 Å². The fourth-order valence-corrected chi connectivity index (χ4v) is 2.97. The molecule has 0 bridgehead atoms. The quantitative estimate of drug-likeness (QED) is 0.908. The molecule has 6 nitrogen and oxygen atoms in total. The molecule has 1 amide bonds. The van der Waals surface area contributed by atoms with Gasteiger partial charge in [-0.15, -0.1) is 10.2 Å². The molecule has 0 radical (unpaired) electrons. The lowest BCUT2D eigenvalue weighted by Gasteiger charge is -2.09. The smallest absolute Gasteiger partial charge is 0.258 e. The number of benzene rings is 1. The number of fused-ring (bicyclic) bond motifs is 1. The molecule has 1 aromatic heterocycles. The third-order valence-corrected chi connectivity index (χ3v) is 4.59. The van der Waals surface area contributed by atoms with Crippen LogP contribution in [-0.4, -0.2) is 28.3 Å². The summed E-state index contributed by atoms with van der Waals surface area (Å²) in [6.07, 6.45) is 2.87. The second-order valence-corrected chi connectivity index (χ2v) is 6.08. The number of halogens is 2. The first kappa shape index (κ1) is 13.5. The third kappa shape index (κ3) is 1.96. The van der Waals surface area contributed by atoms with E-state index in [-0.39, 0.29) is 34.2 Å². The van der Waals surface area contributed by atoms with Crippen molar-refractivity contribution in [3.63, 3.8) is 0 Å². The monoisotopic (exact) mass is 323 g/mol. The Balaban J connectivity index is 1.32. The van der Waals surface area contributed by atoms with Crippen molar-refractivity contribution in [3.05, 3.63) is 41.3 Å². The minimum absolute atomic E-state index is 0.0102. The molecule has 1 N–H and O–H groups in total. The van der Waals surface area contributed by atoms with Gasteiger partial charge in [0.25, 0.3) is 5.91 Å². The lowest BCUT2D eigenvalue weighted by molar-refractivity contribution is -0.123. The molecule has 2 aliphatic carbocycles. The highest BCUT2D eigenvalue weighted by Crippen LogP contribution is 2.78. The summed E-state index contributed by atoms with van der Waals surface area (Å²) in [4.78, 5) is 11.9. The van der Waals surface area contributed by atoms with Gasteiger partial charge in [-0.3, -0.25) is 4.79 Å². The van der Waals surface area contributed by atoms with Crippen LogP contribution in [0.15, 0.2) is 29.0 Å². The van der Waals surface area contributed by atoms with Crippen molar-refractivity contribution < 1.29 is 18.3 Å². The summed E-state index contributed by atoms with van der Waals surface area (Å²) in [5.74, 6) is -0.0370. The Morgan fingerprint density at radius 3 is 3.00 bits per heavy atom. The topological polar surface area (TPSA) is 77.2 Å². The number of nitrogens with zero attached hydrogens (tertiary/aromatic N) is 2. The molecular weight excluding hydrogens is 313 g/mol. The second-order valence-electron chi connectivity index (χ2n) is 5.67. The first-order valence-electron chi connectivity index (χ1n) is 6.70. The largest absolute Gasteiger partial charge is 0.484 e. The molecule has 2 fully saturated rings. The highest BCUT2D eigenvalue weighted by Gasteiger charge is 2.87. The Morgan fingerprint density at radius 2 is 2.32 bits per heavy atom. The number of nitrogens with one attached hydrogen (secondary N) is 1. The van der Waals surface area contributed by atoms with Crippen molar-refractivity contribution in [2.45, 2.75) is 23.8 Å². The van der Waals surface area contributed by atoms with E-state index in [1.165, 1.54) is 18.5 Å². The molecule has 1 heterocycles. The molecule has 2 saturated carbocycles. The highest BCUT2D eigenvalue weighted by molar-refractivity contribution is 6.30. The summed E-state index contributed by atoms with van der Waals surface area (Å²) >= 11 is 5.58. The second kappa shape index (κ2) is 4.42. The molecule has 0 spiro atoms. The van der Waals surface area contributed by atoms with E-state index in [2.05, 4.69) is 15.5 Å². The van der Waals surface area contributed by atoms with Gasteiger partial charge in [0, 0.05) is 6.07 Å². The number of hydrogen-bond acceptors (Lipinski definition) is 5. The Morgan fingerprint density at radius 1 is 1.50 bits per heavy atom. The number of hydrogen-bond donors (Lipinski definition) is 1. The molecule has 2 aliphatic rings. The van der Waals surface area contributed by atoms with E-state index in [1.807, 2.05) is 0 Å². The Labute approximate surface area is 129 Å². The fourth-order valence-electron chi connectivity index (χ4n) is 2.85. The molecule has 4 rings (SSSR count). The third-order valence-electron chi connectivity index (χ3n) is 4.28. The van der Waals surface area contributed by atoms with Crippen molar-refractivity contribution in [2.24, 2.45) is 0 Å². The predicted molar refractivity (Wildman–Crippen MR) is 73.0 cm³/mol. The van der Waals surface area contributed by atoms with Crippen LogP contribution < -0.4 is 10.1 Å². The first-order chi connectivity index (χ1) is 10.5. The predicted octanol–water partition coefficient (Wildman–Crippen LogP) is 1.84. The van der Waals surface area contributed by atoms with E-state index in [0.717, 1.165) is 18.9 Å². The Hall–Kier alpha value is -2.15. The maximum Gasteiger partial charge on any atom is 0.258 e. The number of ether oxygens (including phenoxy) is 1. The van der Waals surface area contributed by atoms with Crippen LogP contribution in [0.3, 0.4) is 0 Å². The molecule has 0 saturated heterocycles. The zero-order valence-electron chi connectivity index (χ0n) is 11.3. The summed E-state index contributed by atoms with van der Waals surface area (Å²) in [5.41, 5.74) is -0.462. The Kier molecular flexibility index (Phi) is 2.72. The van der Waals surface area contributed by atoms with Gasteiger partial charge in [-0.05, 0) is 25.0 Å². The van der Waals surface area contributed by atoms with Gasteiger partial charge in [-0.25, -0.2) is 4.39 Å². The van der Waals surface area contributed by atoms with Crippen LogP contribution >= 0.6 is 11.6 Å². The van der Waals surface area contributed by atoms with Crippen LogP contribution in [0.25, 0.3) is 0 Å². The number of carbonyl (C=O) groups is 1. The van der Waals surface area contributed by atoms with Gasteiger partial charge in [0.2, 0.25) is 12.3 Å². The zero-order chi connectivity index (χ0) is 15.4. The van der Waals surface area contributed by atoms with Gasteiger partial charge >= 0.3 is 0 Å². The van der Waals surface area contributed by atoms with Gasteiger partial charge in [-0.1, -0.05) is 11.6 Å². The number of carbonyl (C=O) groups excluding carboxylic acids is 1. The average Bonchev–Trinajstić information content (AvgIpc) is 3.14. The van der Waals surface area contributed by atoms with Crippen molar-refractivity contribution in [2.75, 3.05) is 6.61 Å². The van der Waals surface area contributed by atoms with Crippen molar-refractivity contribution in [3.8, 4) is 5.75 Å². The molecule has 0 unspecified atom stereocenters. The summed E-state index contributed by atoms with van der Waals surface area (Å²) in [6, 6.07) is 4.03. The number of aromatic nitrogens is 2. The van der Waals surface area contributed by atoms with Crippen molar-refractivity contribution in [1.29, 1.82) is 0 Å². The first-order valence-corrected chi connectivity index (χ1v) is 7.08. The Bertz CT molecular complexity index is 744. The summed E-state index contributed by atoms with van der Waals surface area (Å²) < 4.78 is 23.7. The summed E-state index contributed by atoms with van der Waals surface area (Å²) in [6.45, 7) is -0.192. The van der Waals surface area contributed by atoms with Gasteiger partial charge in [-0.2, -0.15) is 0 Å². The van der Waals surface area contributed by atoms with E-state index >= 15 is 0 Å². The maximum atomic E-state index is 13.3. The van der Waals surface area contributed by atoms with E-state index in [0.29, 0.717) is 5.89 Å². The van der Waals surface area contributed by atoms with Crippen LogP contribution in [0.5, 0.6) is 5.75 Å². The molecular formula is C14H11ClFN3O3. The zero-order valence-corrected chi connectivity index (χ0v) is 12.1. The van der Waals surface area contributed by atoms with E-state index in [9.17, 15) is 9.18 Å². The standard InChI is InChI=1S/C14H11ClFN3O3/c15-9-2-1-8(3-10(9)16)21-4-11(20)18-14-5-13(14,6-14)12-19-17-7-22-12/h1-3,7H,4-6H2,(H,18,20). The minimum atomic E-state index is -0.585. The maximum absolute atomic E-state index is 13.3. The normalized spacial score (nSPS) is 27.9. The fraction of sp³-hybridized carbons (Fsp3) is 0.357. The van der Waals surface area contributed by atoms with Crippen LogP contribution in [-0.2, 0) is 10.2 Å². The lowest BCUT2D eigenvalue weighted by Crippen LogP contribution is -2.34. The van der Waals surface area contributed by atoms with Gasteiger partial charge in [0.05, 0.1) is 16.0 Å². The van der Waals surface area contributed by atoms with Crippen molar-refractivity contribution >= 4 is 17.5 Å². The molecule has 114 valence electrons. The van der Waals surface area contributed by atoms with Crippen LogP contribution in [0.4, 0.5) is 4.39 Å². The van der Waals surface area contributed by atoms with Crippen molar-refractivity contribution in [1.82, 2.24) is 15.5 Å². The highest BCUT2D eigenvalue weighted by atomic mass is 35.5. The molecule has 8 heteroatoms. The number of rotatable bonds is 5. The SMILES string of the molecule is O=C(COc1ccc(Cl)c(F)c1)NC12CC1(c1nnco1)C2. The van der Waals surface area contributed by atoms with E-state index in [1.54, 1.807) is 0 Å². The molecule has 1 aromatic carbocycles. The van der Waals surface area contributed by atoms with Crippen LogP contribution in [0.1, 0.15) is 18.7 Å². The average molecular weight is 324 g/mol. The van der Waals surface area contributed by atoms with E-state index < -0.39 is 5.82 Å². The number of amides is 1. The summed E-state index contributed by atoms with van der Waals surface area (Å²) in [7, 11) is 0.